The molecule has 2 rings (SSSR count). The number of carbonyl (C=O) groups is 3. The van der Waals surface area contributed by atoms with Gasteiger partial charge >= 0.3 is 5.97 Å². The van der Waals surface area contributed by atoms with Crippen LogP contribution in [0.15, 0.2) is 30.5 Å². The largest absolute Gasteiger partial charge is 0.480 e. The Bertz CT molecular complexity index is 786. The van der Waals surface area contributed by atoms with Crippen LogP contribution >= 0.6 is 0 Å². The number of hydrogen-bond donors (Lipinski definition) is 2. The number of carboxylic acid groups (broad SMARTS) is 1. The standard InChI is InChI=1S/C16H19N5O4/c1-3-20(2)16(25)12-6-4-5-11(7-12)15(24)17-8-13-9-21(19-18-13)10-14(22)23/h4-7,9H,3,8,10H2,1-2H3,(H,17,24)(H,22,23). The Morgan fingerprint density at radius 3 is 2.68 bits per heavy atom. The van der Waals surface area contributed by atoms with Gasteiger partial charge in [0.05, 0.1) is 12.7 Å². The molecular weight excluding hydrogens is 326 g/mol. The first-order valence-electron chi connectivity index (χ1n) is 7.65. The Kier molecular flexibility index (Phi) is 5.83. The third-order valence-electron chi connectivity index (χ3n) is 3.51. The molecule has 0 aliphatic heterocycles. The fraction of sp³-hybridized carbons (Fsp3) is 0.312. The molecule has 0 radical (unpaired) electrons. The Morgan fingerprint density at radius 1 is 1.28 bits per heavy atom. The van der Waals surface area contributed by atoms with E-state index in [1.54, 1.807) is 30.1 Å². The van der Waals surface area contributed by atoms with Crippen molar-refractivity contribution in [3.63, 3.8) is 0 Å². The summed E-state index contributed by atoms with van der Waals surface area (Å²) < 4.78 is 1.17. The molecule has 0 bridgehead atoms. The lowest BCUT2D eigenvalue weighted by Gasteiger charge is -2.14. The topological polar surface area (TPSA) is 117 Å². The second kappa shape index (κ2) is 8.04. The van der Waals surface area contributed by atoms with E-state index in [0.717, 1.165) is 0 Å². The van der Waals surface area contributed by atoms with Crippen molar-refractivity contribution in [2.75, 3.05) is 13.6 Å². The monoisotopic (exact) mass is 345 g/mol. The highest BCUT2D eigenvalue weighted by molar-refractivity contribution is 5.99. The van der Waals surface area contributed by atoms with Crippen LogP contribution in [-0.4, -0.2) is 56.4 Å². The first-order chi connectivity index (χ1) is 11.9. The maximum Gasteiger partial charge on any atom is 0.325 e. The molecule has 1 aromatic carbocycles. The zero-order valence-electron chi connectivity index (χ0n) is 14.0. The lowest BCUT2D eigenvalue weighted by molar-refractivity contribution is -0.137. The predicted octanol–water partition coefficient (Wildman–Crippen LogP) is 0.385. The van der Waals surface area contributed by atoms with Gasteiger partial charge in [-0.1, -0.05) is 11.3 Å². The normalized spacial score (nSPS) is 10.3. The van der Waals surface area contributed by atoms with E-state index in [1.807, 2.05) is 6.92 Å². The number of carboxylic acids is 1. The molecular formula is C16H19N5O4. The highest BCUT2D eigenvalue weighted by Gasteiger charge is 2.13. The molecule has 1 aromatic heterocycles. The van der Waals surface area contributed by atoms with Crippen molar-refractivity contribution in [1.29, 1.82) is 0 Å². The smallest absolute Gasteiger partial charge is 0.325 e. The van der Waals surface area contributed by atoms with Crippen molar-refractivity contribution >= 4 is 17.8 Å². The number of hydrogen-bond acceptors (Lipinski definition) is 5. The summed E-state index contributed by atoms with van der Waals surface area (Å²) in [7, 11) is 1.69. The molecule has 0 saturated carbocycles. The van der Waals surface area contributed by atoms with Crippen LogP contribution in [0.25, 0.3) is 0 Å². The van der Waals surface area contributed by atoms with Crippen LogP contribution in [0.1, 0.15) is 33.3 Å². The maximum absolute atomic E-state index is 12.2. The fourth-order valence-electron chi connectivity index (χ4n) is 2.07. The molecule has 9 heteroatoms. The molecule has 132 valence electrons. The minimum absolute atomic E-state index is 0.103. The molecule has 1 heterocycles. The number of aromatic nitrogens is 3. The minimum atomic E-state index is -1.03. The molecule has 25 heavy (non-hydrogen) atoms. The molecule has 2 aromatic rings. The Balaban J connectivity index is 2.00. The van der Waals surface area contributed by atoms with E-state index in [-0.39, 0.29) is 24.9 Å². The van der Waals surface area contributed by atoms with Gasteiger partial charge in [0, 0.05) is 24.7 Å². The molecule has 0 aliphatic carbocycles. The number of aliphatic carboxylic acids is 1. The molecule has 0 unspecified atom stereocenters. The number of benzene rings is 1. The Labute approximate surface area is 144 Å². The lowest BCUT2D eigenvalue weighted by atomic mass is 10.1. The van der Waals surface area contributed by atoms with Crippen molar-refractivity contribution in [3.05, 3.63) is 47.3 Å². The minimum Gasteiger partial charge on any atom is -0.480 e. The van der Waals surface area contributed by atoms with Crippen molar-refractivity contribution in [1.82, 2.24) is 25.2 Å². The van der Waals surface area contributed by atoms with E-state index in [2.05, 4.69) is 15.6 Å². The number of nitrogens with zero attached hydrogens (tertiary/aromatic N) is 4. The summed E-state index contributed by atoms with van der Waals surface area (Å²) in [5.74, 6) is -1.55. The predicted molar refractivity (Wildman–Crippen MR) is 87.9 cm³/mol. The van der Waals surface area contributed by atoms with Crippen molar-refractivity contribution in [3.8, 4) is 0 Å². The van der Waals surface area contributed by atoms with E-state index in [4.69, 9.17) is 5.11 Å². The summed E-state index contributed by atoms with van der Waals surface area (Å²) in [6.07, 6.45) is 1.45. The molecule has 0 spiro atoms. The van der Waals surface area contributed by atoms with Gasteiger partial charge in [-0.2, -0.15) is 0 Å². The highest BCUT2D eigenvalue weighted by atomic mass is 16.4. The third kappa shape index (κ3) is 4.87. The van der Waals surface area contributed by atoms with Gasteiger partial charge in [-0.05, 0) is 25.1 Å². The van der Waals surface area contributed by atoms with Gasteiger partial charge in [0.15, 0.2) is 0 Å². The number of nitrogens with one attached hydrogen (secondary N) is 1. The molecule has 9 nitrogen and oxygen atoms in total. The lowest BCUT2D eigenvalue weighted by Crippen LogP contribution is -2.27. The van der Waals surface area contributed by atoms with Gasteiger partial charge < -0.3 is 15.3 Å². The van der Waals surface area contributed by atoms with Crippen LogP contribution in [0.2, 0.25) is 0 Å². The van der Waals surface area contributed by atoms with Crippen LogP contribution in [0.5, 0.6) is 0 Å². The summed E-state index contributed by atoms with van der Waals surface area (Å²) in [6.45, 7) is 2.24. The molecule has 2 amide bonds. The fourth-order valence-corrected chi connectivity index (χ4v) is 2.07. The van der Waals surface area contributed by atoms with E-state index in [1.165, 1.54) is 16.9 Å². The van der Waals surface area contributed by atoms with Gasteiger partial charge in [0.1, 0.15) is 12.2 Å². The van der Waals surface area contributed by atoms with E-state index in [9.17, 15) is 14.4 Å². The van der Waals surface area contributed by atoms with Gasteiger partial charge in [-0.15, -0.1) is 5.10 Å². The zero-order valence-corrected chi connectivity index (χ0v) is 14.0. The quantitative estimate of drug-likeness (QED) is 0.749. The van der Waals surface area contributed by atoms with Crippen molar-refractivity contribution in [2.24, 2.45) is 0 Å². The molecule has 0 atom stereocenters. The van der Waals surface area contributed by atoms with Crippen LogP contribution in [-0.2, 0) is 17.9 Å². The van der Waals surface area contributed by atoms with E-state index < -0.39 is 5.97 Å². The Hall–Kier alpha value is -3.23. The average molecular weight is 345 g/mol. The van der Waals surface area contributed by atoms with Gasteiger partial charge in [-0.25, -0.2) is 4.68 Å². The summed E-state index contributed by atoms with van der Waals surface area (Å²) in [5.41, 5.74) is 1.23. The number of carbonyl (C=O) groups excluding carboxylic acids is 2. The van der Waals surface area contributed by atoms with Crippen molar-refractivity contribution < 1.29 is 19.5 Å². The molecule has 0 saturated heterocycles. The third-order valence-corrected chi connectivity index (χ3v) is 3.51. The summed E-state index contributed by atoms with van der Waals surface area (Å²) >= 11 is 0. The molecule has 0 fully saturated rings. The number of rotatable bonds is 7. The average Bonchev–Trinajstić information content (AvgIpc) is 3.05. The SMILES string of the molecule is CCN(C)C(=O)c1cccc(C(=O)NCc2cn(CC(=O)O)nn2)c1. The van der Waals surface area contributed by atoms with Crippen LogP contribution in [0, 0.1) is 0 Å². The molecule has 2 N–H and O–H groups in total. The number of amides is 2. The second-order valence-electron chi connectivity index (χ2n) is 5.38. The van der Waals surface area contributed by atoms with Gasteiger partial charge in [-0.3, -0.25) is 14.4 Å². The zero-order chi connectivity index (χ0) is 18.4. The Morgan fingerprint density at radius 2 is 2.00 bits per heavy atom. The highest BCUT2D eigenvalue weighted by Crippen LogP contribution is 2.08. The first kappa shape index (κ1) is 18.1. The molecule has 0 aliphatic rings. The van der Waals surface area contributed by atoms with Crippen LogP contribution in [0.4, 0.5) is 0 Å². The first-order valence-corrected chi connectivity index (χ1v) is 7.65. The van der Waals surface area contributed by atoms with Crippen molar-refractivity contribution in [2.45, 2.75) is 20.0 Å². The van der Waals surface area contributed by atoms with Gasteiger partial charge in [0.2, 0.25) is 0 Å². The second-order valence-corrected chi connectivity index (χ2v) is 5.38. The summed E-state index contributed by atoms with van der Waals surface area (Å²) in [6, 6.07) is 6.45. The van der Waals surface area contributed by atoms with E-state index >= 15 is 0 Å². The van der Waals surface area contributed by atoms with Gasteiger partial charge in [0.25, 0.3) is 11.8 Å². The van der Waals surface area contributed by atoms with Crippen LogP contribution in [0.3, 0.4) is 0 Å². The summed E-state index contributed by atoms with van der Waals surface area (Å²) in [5, 5.41) is 18.8. The van der Waals surface area contributed by atoms with Crippen LogP contribution < -0.4 is 5.32 Å². The maximum atomic E-state index is 12.2. The summed E-state index contributed by atoms with van der Waals surface area (Å²) in [4.78, 5) is 36.5. The van der Waals surface area contributed by atoms with E-state index in [0.29, 0.717) is 23.4 Å².